The predicted octanol–water partition coefficient (Wildman–Crippen LogP) is 0.140. The summed E-state index contributed by atoms with van der Waals surface area (Å²) in [5, 5.41) is 106. The predicted molar refractivity (Wildman–Crippen MR) is 285 cm³/mol. The number of fused-ring (bicyclic) bond motifs is 14. The summed E-state index contributed by atoms with van der Waals surface area (Å²) in [4.78, 5) is 90.5. The zero-order valence-corrected chi connectivity index (χ0v) is 44.9. The van der Waals surface area contributed by atoms with E-state index in [1.54, 1.807) is 0 Å². The summed E-state index contributed by atoms with van der Waals surface area (Å²) >= 11 is 13.8. The first-order valence-corrected chi connectivity index (χ1v) is 26.5. The van der Waals surface area contributed by atoms with E-state index in [0.29, 0.717) is 6.42 Å². The van der Waals surface area contributed by atoms with Crippen molar-refractivity contribution in [1.82, 2.24) is 37.4 Å². The average molecular weight is 1150 g/mol. The molecule has 11 bridgehead atoms. The van der Waals surface area contributed by atoms with E-state index in [2.05, 4.69) is 36.9 Å². The molecule has 25 nitrogen and oxygen atoms in total. The van der Waals surface area contributed by atoms with Gasteiger partial charge in [-0.3, -0.25) is 44.4 Å². The minimum atomic E-state index is -1.94. The number of hydrogen-bond donors (Lipinski definition) is 16. The first-order chi connectivity index (χ1) is 38.0. The Balaban J connectivity index is 1.36. The number of carbonyl (C=O) groups excluding carboxylic acids is 6. The number of nitrogens with zero attached hydrogens (tertiary/aromatic N) is 1. The molecule has 0 spiro atoms. The molecule has 1 fully saturated rings. The van der Waals surface area contributed by atoms with Gasteiger partial charge in [0.15, 0.2) is 17.5 Å². The van der Waals surface area contributed by atoms with E-state index >= 15 is 4.79 Å². The van der Waals surface area contributed by atoms with Crippen LogP contribution in [0.3, 0.4) is 0 Å². The molecular weight excluding hydrogens is 1090 g/mol. The molecule has 10 rings (SSSR count). The molecule has 12 atom stereocenters. The van der Waals surface area contributed by atoms with Crippen molar-refractivity contribution >= 4 is 64.5 Å². The van der Waals surface area contributed by atoms with Gasteiger partial charge < -0.3 is 82.9 Å². The summed E-state index contributed by atoms with van der Waals surface area (Å²) in [6.45, 7) is 2.90. The highest BCUT2D eigenvalue weighted by Crippen LogP contribution is 2.45. The first kappa shape index (κ1) is 58.9. The molecule has 27 heteroatoms. The SMILES string of the molecule is CN[C@H](CC(C)C)C(=O)N[C@H]1C(=O)N[C@@H](CC(N)=O)C(=O)N[C@H]2C(NO)=N[C@H]3C(=O)N[C@H](C(=O)N[C@H](CO)C4=CC(O)CC(O)=C4C4CC3=CC=C4O)[C@H](O)C3=CC=C(Oc4cc2cc(c4O)OC2=C(Cl)C=C(CC2)[C@H]1O)C(Cl)C3. The summed E-state index contributed by atoms with van der Waals surface area (Å²) in [5.74, 6) is -10.8. The van der Waals surface area contributed by atoms with Crippen LogP contribution in [0.4, 0.5) is 0 Å². The van der Waals surface area contributed by atoms with E-state index in [0.717, 1.165) is 0 Å². The van der Waals surface area contributed by atoms with Crippen molar-refractivity contribution < 1.29 is 79.2 Å². The fourth-order valence-electron chi connectivity index (χ4n) is 10.5. The van der Waals surface area contributed by atoms with Crippen LogP contribution in [-0.4, -0.2) is 156 Å². The lowest BCUT2D eigenvalue weighted by Crippen LogP contribution is -2.61. The number of likely N-dealkylation sites (N-methyl/N-ethyl adjacent to an activating group) is 1. The van der Waals surface area contributed by atoms with Gasteiger partial charge in [0.1, 0.15) is 59.5 Å². The highest BCUT2D eigenvalue weighted by molar-refractivity contribution is 6.31. The minimum Gasteiger partial charge on any atom is -0.512 e. The largest absolute Gasteiger partial charge is 0.512 e. The zero-order chi connectivity index (χ0) is 58.0. The fraction of sp³-hybridized carbons (Fsp3) is 0.453. The minimum absolute atomic E-state index is 0.00320. The number of benzene rings is 1. The molecule has 5 aliphatic heterocycles. The molecule has 6 amide bonds. The van der Waals surface area contributed by atoms with Gasteiger partial charge in [-0.15, -0.1) is 11.6 Å². The Morgan fingerprint density at radius 3 is 2.20 bits per heavy atom. The number of phenolic OH excluding ortho intramolecular Hbond substituents is 1. The Labute approximate surface area is 467 Å². The van der Waals surface area contributed by atoms with Gasteiger partial charge in [0, 0.05) is 24.3 Å². The van der Waals surface area contributed by atoms with E-state index in [1.165, 1.54) is 55.6 Å². The number of rotatable bonds is 8. The summed E-state index contributed by atoms with van der Waals surface area (Å²) in [7, 11) is 1.53. The maximum atomic E-state index is 15.1. The number of hydrogen-bond acceptors (Lipinski definition) is 19. The molecular formula is C53H63Cl2N9O16. The molecule has 3 unspecified atom stereocenters. The van der Waals surface area contributed by atoms with E-state index in [-0.39, 0.29) is 93.8 Å². The number of nitrogens with two attached hydrogens (primary N) is 1. The second-order valence-corrected chi connectivity index (χ2v) is 21.6. The van der Waals surface area contributed by atoms with Gasteiger partial charge in [-0.2, -0.15) is 0 Å². The number of allylic oxidation sites excluding steroid dienone is 9. The number of aliphatic hydroxyl groups is 6. The lowest BCUT2D eigenvalue weighted by atomic mass is 9.75. The number of nitrogens with one attached hydrogen (secondary N) is 7. The molecule has 80 heavy (non-hydrogen) atoms. The second-order valence-electron chi connectivity index (χ2n) is 20.7. The van der Waals surface area contributed by atoms with Gasteiger partial charge in [-0.25, -0.2) is 0 Å². The number of ether oxygens (including phenoxy) is 2. The van der Waals surface area contributed by atoms with Crippen molar-refractivity contribution in [3.05, 3.63) is 110 Å². The highest BCUT2D eigenvalue weighted by atomic mass is 35.5. The molecule has 430 valence electrons. The molecule has 5 heterocycles. The third-order valence-corrected chi connectivity index (χ3v) is 15.3. The smallest absolute Gasteiger partial charge is 0.249 e. The zero-order valence-electron chi connectivity index (χ0n) is 43.4. The van der Waals surface area contributed by atoms with Crippen LogP contribution >= 0.6 is 23.2 Å². The first-order valence-electron chi connectivity index (χ1n) is 25.7. The number of amidine groups is 1. The molecule has 0 radical (unpaired) electrons. The number of primary amides is 1. The fourth-order valence-corrected chi connectivity index (χ4v) is 11.1. The Kier molecular flexibility index (Phi) is 18.1. The number of alkyl halides is 1. The van der Waals surface area contributed by atoms with Gasteiger partial charge in [-0.1, -0.05) is 37.6 Å². The number of aliphatic imine (C=N–C) groups is 1. The molecule has 0 saturated carbocycles. The van der Waals surface area contributed by atoms with Crippen molar-refractivity contribution in [2.45, 2.75) is 125 Å². The number of amides is 6. The molecule has 1 aromatic carbocycles. The lowest BCUT2D eigenvalue weighted by molar-refractivity contribution is -0.135. The van der Waals surface area contributed by atoms with Crippen molar-refractivity contribution in [2.75, 3.05) is 13.7 Å². The molecule has 1 aromatic rings. The number of carbonyl (C=O) groups is 6. The topological polar surface area (TPSA) is 405 Å². The van der Waals surface area contributed by atoms with Crippen LogP contribution in [0.1, 0.15) is 70.4 Å². The van der Waals surface area contributed by atoms with Gasteiger partial charge >= 0.3 is 0 Å². The Hall–Kier alpha value is -7.23. The molecule has 9 aliphatic rings. The monoisotopic (exact) mass is 1150 g/mol. The molecule has 0 aromatic heterocycles. The summed E-state index contributed by atoms with van der Waals surface area (Å²) in [5.41, 5.74) is 7.62. The van der Waals surface area contributed by atoms with Gasteiger partial charge in [0.25, 0.3) is 0 Å². The van der Waals surface area contributed by atoms with Crippen LogP contribution in [-0.2, 0) is 28.8 Å². The number of halogens is 2. The Morgan fingerprint density at radius 2 is 1.55 bits per heavy atom. The maximum absolute atomic E-state index is 15.1. The lowest BCUT2D eigenvalue weighted by Gasteiger charge is -2.36. The normalized spacial score (nSPS) is 29.7. The van der Waals surface area contributed by atoms with Crippen molar-refractivity contribution in [3.63, 3.8) is 0 Å². The third kappa shape index (κ3) is 12.5. The molecule has 17 N–H and O–H groups in total. The van der Waals surface area contributed by atoms with Gasteiger partial charge in [-0.05, 0) is 103 Å². The van der Waals surface area contributed by atoms with Crippen molar-refractivity contribution in [3.8, 4) is 17.2 Å². The van der Waals surface area contributed by atoms with Crippen LogP contribution in [0.5, 0.6) is 17.2 Å². The number of hydroxylamine groups is 1. The van der Waals surface area contributed by atoms with Gasteiger partial charge in [0.05, 0.1) is 47.4 Å². The Morgan fingerprint density at radius 1 is 0.850 bits per heavy atom. The van der Waals surface area contributed by atoms with E-state index < -0.39 is 149 Å². The number of aromatic hydroxyl groups is 1. The van der Waals surface area contributed by atoms with Crippen LogP contribution in [0, 0.1) is 11.8 Å². The van der Waals surface area contributed by atoms with Crippen molar-refractivity contribution in [1.29, 1.82) is 0 Å². The summed E-state index contributed by atoms with van der Waals surface area (Å²) in [6, 6.07) is -9.46. The van der Waals surface area contributed by atoms with Gasteiger partial charge in [0.2, 0.25) is 41.2 Å². The van der Waals surface area contributed by atoms with E-state index in [1.807, 2.05) is 19.3 Å². The van der Waals surface area contributed by atoms with Crippen LogP contribution in [0.15, 0.2) is 110 Å². The van der Waals surface area contributed by atoms with Crippen LogP contribution in [0.25, 0.3) is 0 Å². The maximum Gasteiger partial charge on any atom is 0.249 e. The molecule has 1 saturated heterocycles. The quantitative estimate of drug-likeness (QED) is 0.122. The van der Waals surface area contributed by atoms with Crippen LogP contribution < -0.4 is 52.6 Å². The summed E-state index contributed by atoms with van der Waals surface area (Å²) < 4.78 is 12.6. The average Bonchev–Trinajstić information content (AvgIpc) is 3.44. The van der Waals surface area contributed by atoms with E-state index in [9.17, 15) is 64.9 Å². The van der Waals surface area contributed by atoms with Crippen LogP contribution in [0.2, 0.25) is 0 Å². The second kappa shape index (κ2) is 24.6. The third-order valence-electron chi connectivity index (χ3n) is 14.6. The standard InChI is InChI=1S/C53H63Cl2N9O16/c1-20(2)10-30(57-3)49(73)62-43-45(70)22-5-8-35(28(54)12-22)79-37-14-24-15-38(47(37)72)80-36-9-6-23(13-29(36)55)46(71)44-53(77)59-32(19-65)26-16-25(66)17-34(68)40(26)27-11-21(4-7-33(27)67)42(51(75)63-44)60-48(64-78)41(24)61-50(74)31(18-39(56)69)58-52(43)76/h4,6-7,9,12,14-16,20,25,27,29-32,41-46,57,65-68,70-72,78H,5,8,10-11,13,17-19H2,1-3H3,(H2,56,69)(H,58,76)(H,59,77)(H,60,64)(H,61,74)(H,62,73)(H,63,75)/t25?,27?,29?,30-,31+,32-,41-,42-,43-,44+,45-,46-/m1/s1. The Bertz CT molecular complexity index is 3020. The summed E-state index contributed by atoms with van der Waals surface area (Å²) in [6.07, 6.45) is 1.01. The number of aliphatic hydroxyl groups excluding tert-OH is 6. The number of phenols is 1. The van der Waals surface area contributed by atoms with Crippen molar-refractivity contribution in [2.24, 2.45) is 22.6 Å². The molecule has 4 aliphatic carbocycles. The highest BCUT2D eigenvalue weighted by Gasteiger charge is 2.44. The van der Waals surface area contributed by atoms with E-state index in [4.69, 9.17) is 38.4 Å².